The van der Waals surface area contributed by atoms with E-state index in [1.54, 1.807) is 0 Å². The molecular weight excluding hydrogens is 274 g/mol. The van der Waals surface area contributed by atoms with Gasteiger partial charge in [0, 0.05) is 36.6 Å². The third kappa shape index (κ3) is 3.18. The van der Waals surface area contributed by atoms with Crippen molar-refractivity contribution in [3.63, 3.8) is 0 Å². The molecule has 2 aliphatic rings. The number of aromatic nitrogens is 1. The predicted octanol–water partition coefficient (Wildman–Crippen LogP) is 3.37. The van der Waals surface area contributed by atoms with E-state index < -0.39 is 0 Å². The molecule has 0 radical (unpaired) electrons. The summed E-state index contributed by atoms with van der Waals surface area (Å²) in [6, 6.07) is 4.82. The van der Waals surface area contributed by atoms with Crippen LogP contribution in [0.1, 0.15) is 45.3 Å². The first-order valence-corrected chi connectivity index (χ1v) is 8.45. The van der Waals surface area contributed by atoms with E-state index in [4.69, 9.17) is 9.72 Å². The zero-order valence-corrected chi connectivity index (χ0v) is 14.0. The van der Waals surface area contributed by atoms with Crippen molar-refractivity contribution < 1.29 is 4.74 Å². The Balaban J connectivity index is 1.70. The lowest BCUT2D eigenvalue weighted by Gasteiger charge is -2.33. The highest BCUT2D eigenvalue weighted by Crippen LogP contribution is 2.29. The highest BCUT2D eigenvalue weighted by molar-refractivity contribution is 5.49. The van der Waals surface area contributed by atoms with Gasteiger partial charge in [0.05, 0.1) is 12.7 Å². The van der Waals surface area contributed by atoms with Crippen molar-refractivity contribution in [3.8, 4) is 0 Å². The average Bonchev–Trinajstić information content (AvgIpc) is 2.87. The Morgan fingerprint density at radius 1 is 1.36 bits per heavy atom. The second kappa shape index (κ2) is 6.80. The molecule has 1 saturated heterocycles. The Bertz CT molecular complexity index is 524. The molecule has 3 heterocycles. The molecule has 1 fully saturated rings. The van der Waals surface area contributed by atoms with Crippen molar-refractivity contribution >= 4 is 5.82 Å². The molecule has 0 aliphatic carbocycles. The maximum Gasteiger partial charge on any atom is 0.132 e. The van der Waals surface area contributed by atoms with Crippen LogP contribution in [-0.2, 0) is 4.74 Å². The van der Waals surface area contributed by atoms with Crippen LogP contribution in [0.3, 0.4) is 0 Å². The van der Waals surface area contributed by atoms with E-state index in [1.165, 1.54) is 17.7 Å². The number of rotatable bonds is 4. The number of hydrogen-bond donors (Lipinski definition) is 0. The number of hydrogen-bond acceptors (Lipinski definition) is 4. The molecule has 1 aromatic rings. The van der Waals surface area contributed by atoms with Crippen molar-refractivity contribution in [2.24, 2.45) is 0 Å². The van der Waals surface area contributed by atoms with Gasteiger partial charge in [-0.25, -0.2) is 4.98 Å². The molecule has 0 N–H and O–H groups in total. The van der Waals surface area contributed by atoms with E-state index in [2.05, 4.69) is 48.8 Å². The zero-order chi connectivity index (χ0) is 15.5. The minimum absolute atomic E-state index is 0.162. The minimum atomic E-state index is 0.162. The number of allylic oxidation sites excluding steroid dienone is 1. The number of morpholine rings is 1. The molecule has 1 aromatic heterocycles. The summed E-state index contributed by atoms with van der Waals surface area (Å²) in [6.45, 7) is 10.6. The Morgan fingerprint density at radius 3 is 2.86 bits per heavy atom. The van der Waals surface area contributed by atoms with Crippen molar-refractivity contribution in [2.45, 2.75) is 45.8 Å². The van der Waals surface area contributed by atoms with E-state index in [9.17, 15) is 0 Å². The van der Waals surface area contributed by atoms with Gasteiger partial charge in [-0.3, -0.25) is 4.90 Å². The van der Waals surface area contributed by atoms with Gasteiger partial charge in [0.2, 0.25) is 0 Å². The molecule has 3 rings (SSSR count). The predicted molar refractivity (Wildman–Crippen MR) is 90.0 cm³/mol. The van der Waals surface area contributed by atoms with Crippen LogP contribution in [0.4, 0.5) is 5.82 Å². The van der Waals surface area contributed by atoms with Crippen LogP contribution < -0.4 is 4.90 Å². The second-order valence-corrected chi connectivity index (χ2v) is 6.41. The summed E-state index contributed by atoms with van der Waals surface area (Å²) in [7, 11) is 0. The summed E-state index contributed by atoms with van der Waals surface area (Å²) < 4.78 is 5.94. The first-order chi connectivity index (χ1) is 10.7. The fraction of sp³-hybridized carbons (Fsp3) is 0.611. The molecule has 22 heavy (non-hydrogen) atoms. The van der Waals surface area contributed by atoms with Gasteiger partial charge < -0.3 is 9.64 Å². The zero-order valence-electron chi connectivity index (χ0n) is 14.0. The van der Waals surface area contributed by atoms with E-state index >= 15 is 0 Å². The van der Waals surface area contributed by atoms with Gasteiger partial charge in [0.25, 0.3) is 0 Å². The molecule has 120 valence electrons. The van der Waals surface area contributed by atoms with Crippen LogP contribution >= 0.6 is 0 Å². The number of pyridine rings is 1. The van der Waals surface area contributed by atoms with Crippen molar-refractivity contribution in [3.05, 3.63) is 35.7 Å². The van der Waals surface area contributed by atoms with Crippen LogP contribution in [0.15, 0.2) is 30.1 Å². The number of anilines is 1. The SMILES string of the molecule is CCCN1CCOC(c2ccc(N3C(C)=CCC3C)nc2)C1. The molecule has 0 amide bonds. The van der Waals surface area contributed by atoms with E-state index in [-0.39, 0.29) is 6.10 Å². The summed E-state index contributed by atoms with van der Waals surface area (Å²) in [4.78, 5) is 9.49. The lowest BCUT2D eigenvalue weighted by Crippen LogP contribution is -2.38. The molecule has 0 bridgehead atoms. The summed E-state index contributed by atoms with van der Waals surface area (Å²) in [5.41, 5.74) is 2.49. The fourth-order valence-electron chi connectivity index (χ4n) is 3.45. The number of ether oxygens (including phenoxy) is 1. The van der Waals surface area contributed by atoms with Gasteiger partial charge >= 0.3 is 0 Å². The summed E-state index contributed by atoms with van der Waals surface area (Å²) >= 11 is 0. The molecule has 2 aliphatic heterocycles. The lowest BCUT2D eigenvalue weighted by molar-refractivity contribution is -0.0300. The van der Waals surface area contributed by atoms with E-state index in [1.807, 2.05) is 6.20 Å². The van der Waals surface area contributed by atoms with Gasteiger partial charge in [-0.1, -0.05) is 19.1 Å². The Labute approximate surface area is 133 Å². The molecule has 2 atom stereocenters. The normalized spacial score (nSPS) is 26.3. The van der Waals surface area contributed by atoms with Crippen LogP contribution in [0.2, 0.25) is 0 Å². The van der Waals surface area contributed by atoms with Gasteiger partial charge in [-0.2, -0.15) is 0 Å². The highest BCUT2D eigenvalue weighted by atomic mass is 16.5. The smallest absolute Gasteiger partial charge is 0.132 e. The number of nitrogens with zero attached hydrogens (tertiary/aromatic N) is 3. The maximum atomic E-state index is 5.94. The van der Waals surface area contributed by atoms with E-state index in [0.29, 0.717) is 6.04 Å². The molecule has 2 unspecified atom stereocenters. The van der Waals surface area contributed by atoms with E-state index in [0.717, 1.165) is 38.5 Å². The third-order valence-corrected chi connectivity index (χ3v) is 4.65. The van der Waals surface area contributed by atoms with Gasteiger partial charge in [0.15, 0.2) is 0 Å². The topological polar surface area (TPSA) is 28.6 Å². The fourth-order valence-corrected chi connectivity index (χ4v) is 3.45. The Kier molecular flexibility index (Phi) is 4.79. The average molecular weight is 301 g/mol. The molecule has 0 aromatic carbocycles. The van der Waals surface area contributed by atoms with Gasteiger partial charge in [0.1, 0.15) is 5.82 Å². The van der Waals surface area contributed by atoms with Crippen molar-refractivity contribution in [2.75, 3.05) is 31.1 Å². The minimum Gasteiger partial charge on any atom is -0.371 e. The molecule has 4 heteroatoms. The van der Waals surface area contributed by atoms with Crippen LogP contribution in [0, 0.1) is 0 Å². The molecule has 4 nitrogen and oxygen atoms in total. The standard InChI is InChI=1S/C18H27N3O/c1-4-9-20-10-11-22-17(13-20)16-7-8-18(19-12-16)21-14(2)5-6-15(21)3/h5,7-8,12,15,17H,4,6,9-11,13H2,1-3H3. The van der Waals surface area contributed by atoms with Crippen LogP contribution in [-0.4, -0.2) is 42.2 Å². The summed E-state index contributed by atoms with van der Waals surface area (Å²) in [5, 5.41) is 0. The lowest BCUT2D eigenvalue weighted by atomic mass is 10.1. The van der Waals surface area contributed by atoms with Gasteiger partial charge in [-0.05, 0) is 39.3 Å². The molecule has 0 spiro atoms. The summed E-state index contributed by atoms with van der Waals surface area (Å²) in [6.07, 6.45) is 6.74. The largest absolute Gasteiger partial charge is 0.371 e. The highest BCUT2D eigenvalue weighted by Gasteiger charge is 2.24. The first-order valence-electron chi connectivity index (χ1n) is 8.45. The van der Waals surface area contributed by atoms with Crippen molar-refractivity contribution in [1.29, 1.82) is 0 Å². The molecular formula is C18H27N3O. The van der Waals surface area contributed by atoms with Crippen LogP contribution in [0.25, 0.3) is 0 Å². The third-order valence-electron chi connectivity index (χ3n) is 4.65. The Morgan fingerprint density at radius 2 is 2.23 bits per heavy atom. The first kappa shape index (κ1) is 15.5. The van der Waals surface area contributed by atoms with Gasteiger partial charge in [-0.15, -0.1) is 0 Å². The van der Waals surface area contributed by atoms with Crippen LogP contribution in [0.5, 0.6) is 0 Å². The second-order valence-electron chi connectivity index (χ2n) is 6.41. The summed E-state index contributed by atoms with van der Waals surface area (Å²) in [5.74, 6) is 1.05. The monoisotopic (exact) mass is 301 g/mol. The molecule has 0 saturated carbocycles. The quantitative estimate of drug-likeness (QED) is 0.852. The Hall–Kier alpha value is -1.39. The maximum absolute atomic E-state index is 5.94. The van der Waals surface area contributed by atoms with Crippen molar-refractivity contribution in [1.82, 2.24) is 9.88 Å².